The molecule has 0 radical (unpaired) electrons. The predicted molar refractivity (Wildman–Crippen MR) is 141 cm³/mol. The maximum Gasteiger partial charge on any atom is 0.276 e. The first-order valence-electron chi connectivity index (χ1n) is 12.1. The van der Waals surface area contributed by atoms with E-state index in [1.165, 1.54) is 6.33 Å². The SMILES string of the molecule is O=C(Nc1ccc(NC(=O)c2nc[nH]c2C(=O)NCCN2CCCCC2CO)cc1)c1ccccc1Cl. The molecule has 1 aliphatic heterocycles. The van der Waals surface area contributed by atoms with E-state index in [1.54, 1.807) is 48.5 Å². The Morgan fingerprint density at radius 3 is 2.41 bits per heavy atom. The van der Waals surface area contributed by atoms with Crippen LogP contribution in [0.15, 0.2) is 54.9 Å². The van der Waals surface area contributed by atoms with Crippen LogP contribution in [0.25, 0.3) is 0 Å². The minimum atomic E-state index is -0.546. The molecule has 1 unspecified atom stereocenters. The summed E-state index contributed by atoms with van der Waals surface area (Å²) in [6, 6.07) is 13.4. The smallest absolute Gasteiger partial charge is 0.276 e. The van der Waals surface area contributed by atoms with Gasteiger partial charge in [0.15, 0.2) is 5.69 Å². The number of nitrogens with zero attached hydrogens (tertiary/aromatic N) is 2. The molecule has 5 N–H and O–H groups in total. The molecule has 1 saturated heterocycles. The van der Waals surface area contributed by atoms with Gasteiger partial charge in [-0.3, -0.25) is 19.3 Å². The van der Waals surface area contributed by atoms with Crippen LogP contribution in [-0.4, -0.2) is 70.0 Å². The minimum Gasteiger partial charge on any atom is -0.395 e. The summed E-state index contributed by atoms with van der Waals surface area (Å²) in [5, 5.41) is 18.2. The van der Waals surface area contributed by atoms with E-state index < -0.39 is 11.8 Å². The molecular formula is C26H29ClN6O4. The number of amides is 3. The highest BCUT2D eigenvalue weighted by atomic mass is 35.5. The number of aliphatic hydroxyl groups excluding tert-OH is 1. The standard InChI is InChI=1S/C26H29ClN6O4/c27-21-7-2-1-6-20(21)24(35)31-17-8-10-18(11-9-17)32-26(37)23-22(29-16-30-23)25(36)28-12-14-33-13-4-3-5-19(33)15-34/h1-2,6-11,16,19,34H,3-5,12-15H2,(H,28,36)(H,29,30)(H,31,35)(H,32,37). The lowest BCUT2D eigenvalue weighted by atomic mass is 10.0. The second-order valence-corrected chi connectivity index (χ2v) is 9.12. The first-order chi connectivity index (χ1) is 18.0. The highest BCUT2D eigenvalue weighted by Crippen LogP contribution is 2.19. The number of hydrogen-bond acceptors (Lipinski definition) is 6. The maximum atomic E-state index is 12.8. The Morgan fingerprint density at radius 1 is 1.00 bits per heavy atom. The first kappa shape index (κ1) is 26.3. The topological polar surface area (TPSA) is 139 Å². The summed E-state index contributed by atoms with van der Waals surface area (Å²) in [6.07, 6.45) is 4.41. The van der Waals surface area contributed by atoms with Gasteiger partial charge >= 0.3 is 0 Å². The number of benzene rings is 2. The number of carbonyl (C=O) groups excluding carboxylic acids is 3. The summed E-state index contributed by atoms with van der Waals surface area (Å²) >= 11 is 6.07. The van der Waals surface area contributed by atoms with Crippen molar-refractivity contribution >= 4 is 40.7 Å². The van der Waals surface area contributed by atoms with E-state index >= 15 is 0 Å². The number of H-pyrrole nitrogens is 1. The van der Waals surface area contributed by atoms with Crippen LogP contribution in [0.2, 0.25) is 5.02 Å². The third-order valence-corrected chi connectivity index (χ3v) is 6.57. The van der Waals surface area contributed by atoms with E-state index in [0.29, 0.717) is 35.1 Å². The average molecular weight is 525 g/mol. The van der Waals surface area contributed by atoms with E-state index in [-0.39, 0.29) is 29.9 Å². The summed E-state index contributed by atoms with van der Waals surface area (Å²) < 4.78 is 0. The molecule has 2 aromatic carbocycles. The van der Waals surface area contributed by atoms with Crippen molar-refractivity contribution in [3.8, 4) is 0 Å². The van der Waals surface area contributed by atoms with Gasteiger partial charge in [0.1, 0.15) is 5.69 Å². The number of halogens is 1. The molecule has 3 aromatic rings. The molecule has 1 fully saturated rings. The molecule has 1 aromatic heterocycles. The number of piperidine rings is 1. The van der Waals surface area contributed by atoms with E-state index in [9.17, 15) is 19.5 Å². The van der Waals surface area contributed by atoms with Gasteiger partial charge in [0.25, 0.3) is 17.7 Å². The van der Waals surface area contributed by atoms with Crippen LogP contribution in [0.5, 0.6) is 0 Å². The Hall–Kier alpha value is -3.73. The number of aromatic amines is 1. The molecule has 11 heteroatoms. The van der Waals surface area contributed by atoms with Crippen LogP contribution in [-0.2, 0) is 0 Å². The molecule has 37 heavy (non-hydrogen) atoms. The highest BCUT2D eigenvalue weighted by molar-refractivity contribution is 6.34. The van der Waals surface area contributed by atoms with Gasteiger partial charge in [0.05, 0.1) is 23.5 Å². The number of aromatic nitrogens is 2. The number of rotatable bonds is 9. The van der Waals surface area contributed by atoms with Crippen LogP contribution < -0.4 is 16.0 Å². The number of aliphatic hydroxyl groups is 1. The van der Waals surface area contributed by atoms with Crippen LogP contribution in [0.1, 0.15) is 50.6 Å². The zero-order valence-corrected chi connectivity index (χ0v) is 20.9. The molecule has 2 heterocycles. The van der Waals surface area contributed by atoms with Gasteiger partial charge < -0.3 is 26.0 Å². The van der Waals surface area contributed by atoms with E-state index in [4.69, 9.17) is 11.6 Å². The first-order valence-corrected chi connectivity index (χ1v) is 12.5. The second-order valence-electron chi connectivity index (χ2n) is 8.72. The van der Waals surface area contributed by atoms with Crippen molar-refractivity contribution < 1.29 is 19.5 Å². The zero-order chi connectivity index (χ0) is 26.2. The van der Waals surface area contributed by atoms with Gasteiger partial charge in [-0.25, -0.2) is 4.98 Å². The van der Waals surface area contributed by atoms with Crippen LogP contribution in [0, 0.1) is 0 Å². The van der Waals surface area contributed by atoms with Crippen molar-refractivity contribution in [2.45, 2.75) is 25.3 Å². The molecule has 3 amide bonds. The summed E-state index contributed by atoms with van der Waals surface area (Å²) in [6.45, 7) is 2.00. The molecule has 1 atom stereocenters. The van der Waals surface area contributed by atoms with Gasteiger partial charge in [0.2, 0.25) is 0 Å². The van der Waals surface area contributed by atoms with Gasteiger partial charge in [-0.05, 0) is 55.8 Å². The number of likely N-dealkylation sites (tertiary alicyclic amines) is 1. The van der Waals surface area contributed by atoms with Crippen LogP contribution in [0.4, 0.5) is 11.4 Å². The van der Waals surface area contributed by atoms with Crippen LogP contribution in [0.3, 0.4) is 0 Å². The number of anilines is 2. The van der Waals surface area contributed by atoms with Gasteiger partial charge in [-0.1, -0.05) is 30.2 Å². The van der Waals surface area contributed by atoms with Gasteiger partial charge in [-0.15, -0.1) is 0 Å². The van der Waals surface area contributed by atoms with Crippen molar-refractivity contribution in [2.75, 3.05) is 36.9 Å². The Kier molecular flexibility index (Phi) is 8.89. The zero-order valence-electron chi connectivity index (χ0n) is 20.2. The largest absolute Gasteiger partial charge is 0.395 e. The lowest BCUT2D eigenvalue weighted by molar-refractivity contribution is 0.0843. The van der Waals surface area contributed by atoms with Crippen molar-refractivity contribution in [3.63, 3.8) is 0 Å². The Labute approximate surface area is 219 Å². The molecular weight excluding hydrogens is 496 g/mol. The van der Waals surface area contributed by atoms with E-state index in [2.05, 4.69) is 30.8 Å². The minimum absolute atomic E-state index is 0.0280. The molecule has 10 nitrogen and oxygen atoms in total. The van der Waals surface area contributed by atoms with Gasteiger partial charge in [0, 0.05) is 30.5 Å². The third-order valence-electron chi connectivity index (χ3n) is 6.24. The molecule has 194 valence electrons. The molecule has 0 aliphatic carbocycles. The lowest BCUT2D eigenvalue weighted by Gasteiger charge is -2.34. The predicted octanol–water partition coefficient (Wildman–Crippen LogP) is 3.14. The maximum absolute atomic E-state index is 12.8. The average Bonchev–Trinajstić information content (AvgIpc) is 3.41. The summed E-state index contributed by atoms with van der Waals surface area (Å²) in [4.78, 5) is 46.8. The molecule has 0 bridgehead atoms. The second kappa shape index (κ2) is 12.5. The molecule has 0 saturated carbocycles. The quantitative estimate of drug-likeness (QED) is 0.291. The van der Waals surface area contributed by atoms with Crippen molar-refractivity contribution in [3.05, 3.63) is 76.8 Å². The fourth-order valence-corrected chi connectivity index (χ4v) is 4.49. The number of carbonyl (C=O) groups is 3. The Balaban J connectivity index is 1.31. The van der Waals surface area contributed by atoms with Gasteiger partial charge in [-0.2, -0.15) is 0 Å². The normalized spacial score (nSPS) is 15.7. The van der Waals surface area contributed by atoms with Crippen molar-refractivity contribution in [2.24, 2.45) is 0 Å². The summed E-state index contributed by atoms with van der Waals surface area (Å²) in [5.74, 6) is -1.32. The molecule has 1 aliphatic rings. The fourth-order valence-electron chi connectivity index (χ4n) is 4.27. The van der Waals surface area contributed by atoms with Crippen molar-refractivity contribution in [1.82, 2.24) is 20.2 Å². The highest BCUT2D eigenvalue weighted by Gasteiger charge is 2.23. The lowest BCUT2D eigenvalue weighted by Crippen LogP contribution is -2.45. The van der Waals surface area contributed by atoms with E-state index in [0.717, 1.165) is 25.8 Å². The number of nitrogens with one attached hydrogen (secondary N) is 4. The van der Waals surface area contributed by atoms with Crippen molar-refractivity contribution in [1.29, 1.82) is 0 Å². The molecule has 0 spiro atoms. The Morgan fingerprint density at radius 2 is 1.70 bits per heavy atom. The summed E-state index contributed by atoms with van der Waals surface area (Å²) in [5.41, 5.74) is 1.39. The van der Waals surface area contributed by atoms with E-state index in [1.807, 2.05) is 0 Å². The van der Waals surface area contributed by atoms with Crippen LogP contribution >= 0.6 is 11.6 Å². The monoisotopic (exact) mass is 524 g/mol. The molecule has 4 rings (SSSR count). The summed E-state index contributed by atoms with van der Waals surface area (Å²) in [7, 11) is 0. The fraction of sp³-hybridized carbons (Fsp3) is 0.308. The Bertz CT molecular complexity index is 1250. The third kappa shape index (κ3) is 6.73. The number of imidazole rings is 1. The number of hydrogen-bond donors (Lipinski definition) is 5.